The predicted octanol–water partition coefficient (Wildman–Crippen LogP) is 2.00. The Morgan fingerprint density at radius 3 is 3.00 bits per heavy atom. The number of oxime groups is 1. The zero-order chi connectivity index (χ0) is 9.97. The lowest BCUT2D eigenvalue weighted by Gasteiger charge is -2.39. The van der Waals surface area contributed by atoms with E-state index >= 15 is 0 Å². The molecule has 2 N–H and O–H groups in total. The fourth-order valence-electron chi connectivity index (χ4n) is 2.96. The Hall–Kier alpha value is -0.570. The van der Waals surface area contributed by atoms with Crippen molar-refractivity contribution >= 4 is 5.71 Å². The first kappa shape index (κ1) is 9.97. The molecule has 1 aliphatic carbocycles. The van der Waals surface area contributed by atoms with Crippen LogP contribution in [0.3, 0.4) is 0 Å². The maximum absolute atomic E-state index is 8.76. The Balaban J connectivity index is 1.95. The molecule has 0 spiro atoms. The van der Waals surface area contributed by atoms with E-state index in [1.54, 1.807) is 0 Å². The molecular formula is C11H20N2O. The van der Waals surface area contributed by atoms with Gasteiger partial charge in [0, 0.05) is 12.0 Å². The molecule has 0 aromatic rings. The second-order valence-corrected chi connectivity index (χ2v) is 4.71. The van der Waals surface area contributed by atoms with Gasteiger partial charge in [0.05, 0.1) is 5.71 Å². The molecule has 3 nitrogen and oxygen atoms in total. The Labute approximate surface area is 85.6 Å². The Morgan fingerprint density at radius 2 is 2.21 bits per heavy atom. The lowest BCUT2D eigenvalue weighted by Crippen LogP contribution is -2.45. The van der Waals surface area contributed by atoms with Crippen molar-refractivity contribution in [3.05, 3.63) is 0 Å². The number of fused-ring (bicyclic) bond motifs is 1. The minimum atomic E-state index is 0.529. The van der Waals surface area contributed by atoms with E-state index in [9.17, 15) is 0 Å². The van der Waals surface area contributed by atoms with Gasteiger partial charge in [-0.2, -0.15) is 0 Å². The highest BCUT2D eigenvalue weighted by Gasteiger charge is 2.32. The van der Waals surface area contributed by atoms with Crippen LogP contribution in [-0.2, 0) is 0 Å². The monoisotopic (exact) mass is 196 g/mol. The number of rotatable bonds is 1. The number of nitrogens with one attached hydrogen (secondary N) is 1. The maximum atomic E-state index is 8.76. The van der Waals surface area contributed by atoms with Gasteiger partial charge in [0.25, 0.3) is 0 Å². The molecule has 14 heavy (non-hydrogen) atoms. The molecule has 3 unspecified atom stereocenters. The molecular weight excluding hydrogens is 176 g/mol. The summed E-state index contributed by atoms with van der Waals surface area (Å²) in [6, 6.07) is 0.742. The molecule has 3 atom stereocenters. The van der Waals surface area contributed by atoms with Crippen molar-refractivity contribution in [1.29, 1.82) is 0 Å². The minimum absolute atomic E-state index is 0.529. The first-order chi connectivity index (χ1) is 6.81. The van der Waals surface area contributed by atoms with Gasteiger partial charge in [-0.05, 0) is 51.5 Å². The fourth-order valence-corrected chi connectivity index (χ4v) is 2.96. The van der Waals surface area contributed by atoms with Crippen LogP contribution in [0.15, 0.2) is 5.16 Å². The molecule has 3 heteroatoms. The van der Waals surface area contributed by atoms with Gasteiger partial charge in [-0.25, -0.2) is 0 Å². The normalized spacial score (nSPS) is 39.2. The van der Waals surface area contributed by atoms with Crippen molar-refractivity contribution in [3.63, 3.8) is 0 Å². The molecule has 1 heterocycles. The lowest BCUT2D eigenvalue weighted by molar-refractivity contribution is 0.188. The van der Waals surface area contributed by atoms with Crippen LogP contribution < -0.4 is 5.32 Å². The van der Waals surface area contributed by atoms with E-state index < -0.39 is 0 Å². The Morgan fingerprint density at radius 1 is 1.36 bits per heavy atom. The van der Waals surface area contributed by atoms with E-state index in [4.69, 9.17) is 5.21 Å². The molecule has 0 bridgehead atoms. The second-order valence-electron chi connectivity index (χ2n) is 4.71. The molecule has 1 saturated heterocycles. The standard InChI is InChI=1S/C11H20N2O/c1-8(13-14)9-4-5-11-10(7-9)3-2-6-12-11/h9-12,14H,2-7H2,1H3/b13-8-. The van der Waals surface area contributed by atoms with Gasteiger partial charge in [0.2, 0.25) is 0 Å². The van der Waals surface area contributed by atoms with Gasteiger partial charge in [-0.3, -0.25) is 0 Å². The molecule has 2 rings (SSSR count). The van der Waals surface area contributed by atoms with Crippen molar-refractivity contribution in [2.24, 2.45) is 17.0 Å². The minimum Gasteiger partial charge on any atom is -0.411 e. The van der Waals surface area contributed by atoms with Crippen LogP contribution in [0.25, 0.3) is 0 Å². The van der Waals surface area contributed by atoms with Gasteiger partial charge >= 0.3 is 0 Å². The van der Waals surface area contributed by atoms with E-state index in [-0.39, 0.29) is 0 Å². The summed E-state index contributed by atoms with van der Waals surface area (Å²) >= 11 is 0. The largest absolute Gasteiger partial charge is 0.411 e. The maximum Gasteiger partial charge on any atom is 0.0570 e. The zero-order valence-electron chi connectivity index (χ0n) is 8.87. The van der Waals surface area contributed by atoms with E-state index in [1.807, 2.05) is 6.92 Å². The highest BCUT2D eigenvalue weighted by molar-refractivity contribution is 5.83. The summed E-state index contributed by atoms with van der Waals surface area (Å²) in [5.74, 6) is 1.35. The van der Waals surface area contributed by atoms with Gasteiger partial charge in [0.15, 0.2) is 0 Å². The Bertz CT molecular complexity index is 227. The number of hydrogen-bond acceptors (Lipinski definition) is 3. The molecule has 0 radical (unpaired) electrons. The third kappa shape index (κ3) is 1.92. The summed E-state index contributed by atoms with van der Waals surface area (Å²) in [7, 11) is 0. The summed E-state index contributed by atoms with van der Waals surface area (Å²) in [6.07, 6.45) is 6.32. The smallest absolute Gasteiger partial charge is 0.0570 e. The van der Waals surface area contributed by atoms with Gasteiger partial charge in [-0.15, -0.1) is 0 Å². The molecule has 1 aliphatic heterocycles. The van der Waals surface area contributed by atoms with Crippen LogP contribution in [0.4, 0.5) is 0 Å². The van der Waals surface area contributed by atoms with Crippen LogP contribution in [0.5, 0.6) is 0 Å². The van der Waals surface area contributed by atoms with Crippen molar-refractivity contribution in [1.82, 2.24) is 5.32 Å². The number of hydrogen-bond donors (Lipinski definition) is 2. The molecule has 2 fully saturated rings. The quantitative estimate of drug-likeness (QED) is 0.383. The van der Waals surface area contributed by atoms with E-state index in [2.05, 4.69) is 10.5 Å². The van der Waals surface area contributed by atoms with Crippen molar-refractivity contribution in [2.45, 2.75) is 45.1 Å². The summed E-state index contributed by atoms with van der Waals surface area (Å²) in [5, 5.41) is 15.7. The predicted molar refractivity (Wildman–Crippen MR) is 56.8 cm³/mol. The third-order valence-electron chi connectivity index (χ3n) is 3.89. The SMILES string of the molecule is C/C(=N/O)C1CCC2NCCCC2C1. The number of nitrogens with zero attached hydrogens (tertiary/aromatic N) is 1. The number of piperidine rings is 1. The second kappa shape index (κ2) is 4.30. The summed E-state index contributed by atoms with van der Waals surface area (Å²) in [5.41, 5.74) is 0.925. The van der Waals surface area contributed by atoms with E-state index in [1.165, 1.54) is 38.6 Å². The average molecular weight is 196 g/mol. The van der Waals surface area contributed by atoms with Crippen molar-refractivity contribution in [3.8, 4) is 0 Å². The summed E-state index contributed by atoms with van der Waals surface area (Å²) in [6.45, 7) is 3.14. The Kier molecular flexibility index (Phi) is 3.06. The molecule has 2 aliphatic rings. The molecule has 0 amide bonds. The lowest BCUT2D eigenvalue weighted by atomic mass is 9.73. The van der Waals surface area contributed by atoms with Crippen LogP contribution in [0.1, 0.15) is 39.0 Å². The average Bonchev–Trinajstić information content (AvgIpc) is 2.27. The van der Waals surface area contributed by atoms with Gasteiger partial charge < -0.3 is 10.5 Å². The van der Waals surface area contributed by atoms with Crippen LogP contribution >= 0.6 is 0 Å². The molecule has 1 saturated carbocycles. The van der Waals surface area contributed by atoms with Gasteiger partial charge in [-0.1, -0.05) is 5.16 Å². The zero-order valence-corrected chi connectivity index (χ0v) is 8.87. The van der Waals surface area contributed by atoms with E-state index in [0.29, 0.717) is 5.92 Å². The topological polar surface area (TPSA) is 44.6 Å². The van der Waals surface area contributed by atoms with Crippen molar-refractivity contribution < 1.29 is 5.21 Å². The molecule has 80 valence electrons. The van der Waals surface area contributed by atoms with Crippen molar-refractivity contribution in [2.75, 3.05) is 6.54 Å². The summed E-state index contributed by atoms with van der Waals surface area (Å²) in [4.78, 5) is 0. The van der Waals surface area contributed by atoms with Crippen LogP contribution in [-0.4, -0.2) is 23.5 Å². The fraction of sp³-hybridized carbons (Fsp3) is 0.909. The third-order valence-corrected chi connectivity index (χ3v) is 3.89. The first-order valence-corrected chi connectivity index (χ1v) is 5.73. The van der Waals surface area contributed by atoms with Crippen LogP contribution in [0, 0.1) is 11.8 Å². The van der Waals surface area contributed by atoms with Gasteiger partial charge in [0.1, 0.15) is 0 Å². The molecule has 0 aromatic carbocycles. The molecule has 0 aromatic heterocycles. The highest BCUT2D eigenvalue weighted by atomic mass is 16.4. The van der Waals surface area contributed by atoms with Crippen LogP contribution in [0.2, 0.25) is 0 Å². The highest BCUT2D eigenvalue weighted by Crippen LogP contribution is 2.34. The first-order valence-electron chi connectivity index (χ1n) is 5.73. The summed E-state index contributed by atoms with van der Waals surface area (Å²) < 4.78 is 0. The van der Waals surface area contributed by atoms with E-state index in [0.717, 1.165) is 17.7 Å².